The van der Waals surface area contributed by atoms with Gasteiger partial charge in [-0.05, 0) is 46.5 Å². The number of rotatable bonds is 5. The van der Waals surface area contributed by atoms with E-state index in [1.807, 2.05) is 64.3 Å². The molecule has 2 amide bonds. The molecule has 0 aliphatic carbocycles. The zero-order chi connectivity index (χ0) is 23.1. The van der Waals surface area contributed by atoms with Gasteiger partial charge in [-0.2, -0.15) is 0 Å². The average molecular weight is 435 g/mol. The zero-order valence-corrected chi connectivity index (χ0v) is 19.9. The van der Waals surface area contributed by atoms with Crippen molar-refractivity contribution in [2.24, 2.45) is 13.0 Å². The summed E-state index contributed by atoms with van der Waals surface area (Å²) in [6, 6.07) is -0.759. The number of hydrogen-bond acceptors (Lipinski definition) is 5. The average Bonchev–Trinajstić information content (AvgIpc) is 3.34. The molecule has 0 aromatic carbocycles. The molecule has 2 atom stereocenters. The van der Waals surface area contributed by atoms with Crippen LogP contribution >= 0.6 is 0 Å². The fraction of sp³-hybridized carbons (Fsp3) is 0.762. The number of nitrogens with one attached hydrogen (secondary N) is 2. The van der Waals surface area contributed by atoms with Gasteiger partial charge in [0.2, 0.25) is 5.91 Å². The Hall–Kier alpha value is -2.07. The molecular weight excluding hydrogens is 399 g/mol. The van der Waals surface area contributed by atoms with Crippen molar-refractivity contribution in [3.8, 4) is 0 Å². The van der Waals surface area contributed by atoms with Gasteiger partial charge in [0.15, 0.2) is 5.59 Å². The number of alkyl carbamates (subject to hydrolysis) is 1. The van der Waals surface area contributed by atoms with Crippen LogP contribution in [0.3, 0.4) is 0 Å². The number of carbonyl (C=O) groups is 2. The summed E-state index contributed by atoms with van der Waals surface area (Å²) in [7, 11) is 2.75. The van der Waals surface area contributed by atoms with Crippen LogP contribution in [0.5, 0.6) is 0 Å². The third kappa shape index (κ3) is 4.46. The molecule has 2 N–H and O–H groups in total. The van der Waals surface area contributed by atoms with Crippen LogP contribution < -0.4 is 15.5 Å². The Morgan fingerprint density at radius 1 is 1.29 bits per heavy atom. The molecule has 9 nitrogen and oxygen atoms in total. The topological polar surface area (TPSA) is 96.8 Å². The number of methoxy groups -OCH3 is 1. The lowest BCUT2D eigenvalue weighted by Gasteiger charge is -2.32. The first-order chi connectivity index (χ1) is 14.4. The van der Waals surface area contributed by atoms with E-state index in [1.165, 1.54) is 7.11 Å². The largest absolute Gasteiger partial charge is 0.540 e. The van der Waals surface area contributed by atoms with Gasteiger partial charge in [-0.25, -0.2) is 14.3 Å². The molecule has 2 unspecified atom stereocenters. The van der Waals surface area contributed by atoms with E-state index < -0.39 is 30.5 Å². The van der Waals surface area contributed by atoms with Gasteiger partial charge >= 0.3 is 13.2 Å². The van der Waals surface area contributed by atoms with Crippen molar-refractivity contribution in [1.29, 1.82) is 0 Å². The number of aromatic nitrogens is 2. The van der Waals surface area contributed by atoms with Crippen LogP contribution in [0.4, 0.5) is 4.79 Å². The lowest BCUT2D eigenvalue weighted by molar-refractivity contribution is -0.679. The van der Waals surface area contributed by atoms with Crippen molar-refractivity contribution < 1.29 is 28.2 Å². The van der Waals surface area contributed by atoms with Crippen molar-refractivity contribution >= 4 is 24.7 Å². The van der Waals surface area contributed by atoms with Crippen LogP contribution in [0.2, 0.25) is 0 Å². The SMILES string of the molecule is COC(=O)NC(C(=O)N1CCCC1c1[nH]c(B2OC(C)(C)C(C)(C)O2)c[n+]1C)C(C)C. The van der Waals surface area contributed by atoms with Crippen molar-refractivity contribution in [1.82, 2.24) is 15.2 Å². The number of ether oxygens (including phenoxy) is 1. The minimum atomic E-state index is -0.643. The number of aromatic amines is 1. The monoisotopic (exact) mass is 435 g/mol. The molecule has 2 aliphatic heterocycles. The van der Waals surface area contributed by atoms with E-state index in [4.69, 9.17) is 14.0 Å². The Balaban J connectivity index is 1.83. The fourth-order valence-electron chi connectivity index (χ4n) is 4.15. The molecule has 1 aromatic heterocycles. The molecule has 2 fully saturated rings. The predicted molar refractivity (Wildman–Crippen MR) is 116 cm³/mol. The molecule has 2 aliphatic rings. The van der Waals surface area contributed by atoms with Gasteiger partial charge in [0, 0.05) is 6.54 Å². The van der Waals surface area contributed by atoms with E-state index in [0.717, 1.165) is 24.3 Å². The third-order valence-electron chi connectivity index (χ3n) is 6.74. The van der Waals surface area contributed by atoms with Gasteiger partial charge in [-0.1, -0.05) is 13.8 Å². The highest BCUT2D eigenvalue weighted by Gasteiger charge is 2.54. The number of aryl methyl sites for hydroxylation is 1. The summed E-state index contributed by atoms with van der Waals surface area (Å²) in [5, 5.41) is 2.69. The maximum Gasteiger partial charge on any atom is 0.540 e. The lowest BCUT2D eigenvalue weighted by atomic mass is 9.86. The molecule has 0 spiro atoms. The molecular formula is C21H36BN4O5+. The minimum Gasteiger partial charge on any atom is -0.453 e. The molecule has 0 radical (unpaired) electrons. The Labute approximate surface area is 184 Å². The number of amides is 2. The second-order valence-electron chi connectivity index (χ2n) is 9.84. The van der Waals surface area contributed by atoms with Crippen LogP contribution in [0.25, 0.3) is 0 Å². The van der Waals surface area contributed by atoms with E-state index in [1.54, 1.807) is 0 Å². The highest BCUT2D eigenvalue weighted by atomic mass is 16.7. The molecule has 31 heavy (non-hydrogen) atoms. The minimum absolute atomic E-state index is 0.0643. The van der Waals surface area contributed by atoms with Crippen molar-refractivity contribution in [2.45, 2.75) is 77.7 Å². The molecule has 172 valence electrons. The molecule has 1 aromatic rings. The quantitative estimate of drug-likeness (QED) is 0.535. The number of likely N-dealkylation sites (tertiary alicyclic amines) is 1. The Morgan fingerprint density at radius 3 is 2.45 bits per heavy atom. The van der Waals surface area contributed by atoms with Crippen LogP contribution in [-0.4, -0.2) is 59.9 Å². The normalized spacial score (nSPS) is 23.3. The smallest absolute Gasteiger partial charge is 0.453 e. The second-order valence-corrected chi connectivity index (χ2v) is 9.84. The maximum absolute atomic E-state index is 13.3. The van der Waals surface area contributed by atoms with Gasteiger partial charge in [-0.3, -0.25) is 4.79 Å². The first-order valence-corrected chi connectivity index (χ1v) is 11.0. The summed E-state index contributed by atoms with van der Waals surface area (Å²) in [6.07, 6.45) is 3.10. The highest BCUT2D eigenvalue weighted by Crippen LogP contribution is 2.36. The summed E-state index contributed by atoms with van der Waals surface area (Å²) in [6.45, 7) is 12.6. The van der Waals surface area contributed by atoms with Gasteiger partial charge < -0.3 is 24.3 Å². The van der Waals surface area contributed by atoms with Crippen LogP contribution in [-0.2, 0) is 25.9 Å². The number of H-pyrrole nitrogens is 1. The number of hydrogen-bond donors (Lipinski definition) is 2. The van der Waals surface area contributed by atoms with E-state index >= 15 is 0 Å². The number of carbonyl (C=O) groups excluding carboxylic acids is 2. The Bertz CT molecular complexity index is 822. The van der Waals surface area contributed by atoms with Crippen LogP contribution in [0, 0.1) is 5.92 Å². The van der Waals surface area contributed by atoms with E-state index in [9.17, 15) is 9.59 Å². The first-order valence-electron chi connectivity index (χ1n) is 11.0. The third-order valence-corrected chi connectivity index (χ3v) is 6.74. The summed E-state index contributed by atoms with van der Waals surface area (Å²) in [5.74, 6) is 0.747. The second kappa shape index (κ2) is 8.46. The molecule has 0 saturated carbocycles. The van der Waals surface area contributed by atoms with Gasteiger partial charge in [0.05, 0.1) is 25.4 Å². The van der Waals surface area contributed by atoms with Crippen molar-refractivity contribution in [2.75, 3.05) is 13.7 Å². The van der Waals surface area contributed by atoms with E-state index in [0.29, 0.717) is 6.54 Å². The Kier molecular flexibility index (Phi) is 6.44. The van der Waals surface area contributed by atoms with Crippen LogP contribution in [0.15, 0.2) is 6.20 Å². The lowest BCUT2D eigenvalue weighted by Crippen LogP contribution is -2.52. The van der Waals surface area contributed by atoms with Gasteiger partial charge in [0.25, 0.3) is 5.82 Å². The zero-order valence-electron chi connectivity index (χ0n) is 19.9. The van der Waals surface area contributed by atoms with E-state index in [-0.39, 0.29) is 17.9 Å². The fourth-order valence-corrected chi connectivity index (χ4v) is 4.15. The Morgan fingerprint density at radius 2 is 1.90 bits per heavy atom. The van der Waals surface area contributed by atoms with E-state index in [2.05, 4.69) is 10.3 Å². The summed E-state index contributed by atoms with van der Waals surface area (Å²) < 4.78 is 19.0. The molecule has 2 saturated heterocycles. The highest BCUT2D eigenvalue weighted by molar-refractivity contribution is 6.61. The maximum atomic E-state index is 13.3. The van der Waals surface area contributed by atoms with Crippen LogP contribution in [0.1, 0.15) is 66.3 Å². The van der Waals surface area contributed by atoms with Crippen molar-refractivity contribution in [3.05, 3.63) is 12.0 Å². The van der Waals surface area contributed by atoms with Gasteiger partial charge in [0.1, 0.15) is 18.3 Å². The molecule has 3 heterocycles. The summed E-state index contributed by atoms with van der Waals surface area (Å²) in [4.78, 5) is 30.4. The number of nitrogens with zero attached hydrogens (tertiary/aromatic N) is 2. The molecule has 10 heteroatoms. The standard InChI is InChI=1S/C21H35BN4O5/c1-13(2)16(24-19(28)29-8)18(27)26-11-9-10-14(26)17-23-15(12-25(17)7)22-30-20(3,4)21(5,6)31-22/h12-14,16H,9-11H2,1-8H3,(H,24,28)/p+1. The first kappa shape index (κ1) is 23.6. The number of imidazole rings is 1. The predicted octanol–water partition coefficient (Wildman–Crippen LogP) is 1.18. The molecule has 0 bridgehead atoms. The summed E-state index contributed by atoms with van der Waals surface area (Å²) in [5.41, 5.74) is -0.0366. The van der Waals surface area contributed by atoms with Gasteiger partial charge in [-0.15, -0.1) is 0 Å². The molecule has 3 rings (SSSR count). The summed E-state index contributed by atoms with van der Waals surface area (Å²) >= 11 is 0. The van der Waals surface area contributed by atoms with Crippen molar-refractivity contribution in [3.63, 3.8) is 0 Å².